The number of aliphatic hydroxyl groups is 8. The molecule has 10 atom stereocenters. The zero-order chi connectivity index (χ0) is 32.2. The maximum absolute atomic E-state index is 13.6. The molecular formula is C28H32O16. The fraction of sp³-hybridized carbons (Fsp3) is 0.464. The third-order valence-electron chi connectivity index (χ3n) is 8.04. The highest BCUT2D eigenvalue weighted by Crippen LogP contribution is 2.51. The van der Waals surface area contributed by atoms with Gasteiger partial charge in [0.2, 0.25) is 11.2 Å². The van der Waals surface area contributed by atoms with Crippen LogP contribution in [0.4, 0.5) is 0 Å². The molecule has 11 N–H and O–H groups in total. The summed E-state index contributed by atoms with van der Waals surface area (Å²) in [5, 5.41) is 116. The quantitative estimate of drug-likeness (QED) is 0.136. The number of aromatic hydroxyl groups is 3. The Hall–Kier alpha value is -3.55. The van der Waals surface area contributed by atoms with Crippen LogP contribution in [0.1, 0.15) is 23.3 Å². The number of hydrogen-bond acceptors (Lipinski definition) is 16. The maximum atomic E-state index is 13.6. The van der Waals surface area contributed by atoms with Crippen molar-refractivity contribution in [2.24, 2.45) is 0 Å². The van der Waals surface area contributed by atoms with Gasteiger partial charge in [-0.25, -0.2) is 0 Å². The molecule has 0 radical (unpaired) electrons. The molecule has 16 nitrogen and oxygen atoms in total. The maximum Gasteiger partial charge on any atom is 0.238 e. The Morgan fingerprint density at radius 3 is 1.66 bits per heavy atom. The minimum Gasteiger partial charge on any atom is -0.507 e. The van der Waals surface area contributed by atoms with E-state index in [9.17, 15) is 61.0 Å². The Labute approximate surface area is 247 Å². The van der Waals surface area contributed by atoms with E-state index in [1.165, 1.54) is 31.4 Å². The number of fused-ring (bicyclic) bond motifs is 1. The Kier molecular flexibility index (Phi) is 8.76. The Morgan fingerprint density at radius 1 is 0.682 bits per heavy atom. The molecule has 5 rings (SSSR count). The van der Waals surface area contributed by atoms with Crippen LogP contribution in [0.15, 0.2) is 33.5 Å². The van der Waals surface area contributed by atoms with Crippen LogP contribution >= 0.6 is 0 Å². The summed E-state index contributed by atoms with van der Waals surface area (Å²) in [6.45, 7) is -1.76. The molecule has 0 amide bonds. The second-order valence-corrected chi connectivity index (χ2v) is 10.6. The molecule has 44 heavy (non-hydrogen) atoms. The molecule has 0 aliphatic carbocycles. The molecular weight excluding hydrogens is 592 g/mol. The summed E-state index contributed by atoms with van der Waals surface area (Å²) in [5.41, 5.74) is -3.27. The standard InChI is InChI=1S/C28H32O16/c1-41-9-4-2-8(3-5-9)25-22(38)19(35)13-17(33)12(27-23(39)20(36)15(31)10(6-29)42-27)18(34)14(26(13)44-25)28-24(40)21(37)16(32)11(7-30)43-28/h2-5,10-11,15-16,20-21,23-24,27-34,36-40H,6-7H2,1H3/t10-,11-,15-,16-,20+,21+,23-,24-,27+,28+/m1/s1. The highest BCUT2D eigenvalue weighted by Gasteiger charge is 2.50. The van der Waals surface area contributed by atoms with Crippen LogP contribution in [0.2, 0.25) is 0 Å². The van der Waals surface area contributed by atoms with Crippen molar-refractivity contribution in [2.75, 3.05) is 20.3 Å². The summed E-state index contributed by atoms with van der Waals surface area (Å²) in [7, 11) is 1.41. The van der Waals surface area contributed by atoms with Crippen LogP contribution in [0.3, 0.4) is 0 Å². The summed E-state index contributed by atoms with van der Waals surface area (Å²) in [6, 6.07) is 5.79. The first kappa shape index (κ1) is 31.9. The normalized spacial score (nSPS) is 32.6. The minimum absolute atomic E-state index is 0.124. The van der Waals surface area contributed by atoms with Crippen molar-refractivity contribution < 1.29 is 74.8 Å². The molecule has 240 valence electrons. The van der Waals surface area contributed by atoms with Crippen LogP contribution in [0, 0.1) is 0 Å². The fourth-order valence-electron chi connectivity index (χ4n) is 5.58. The molecule has 3 heterocycles. The molecule has 2 saturated heterocycles. The predicted molar refractivity (Wildman–Crippen MR) is 145 cm³/mol. The van der Waals surface area contributed by atoms with E-state index >= 15 is 0 Å². The second-order valence-electron chi connectivity index (χ2n) is 10.6. The van der Waals surface area contributed by atoms with Crippen LogP contribution in [0.5, 0.6) is 23.0 Å². The highest BCUT2D eigenvalue weighted by atomic mass is 16.6. The predicted octanol–water partition coefficient (Wildman–Crippen LogP) is -2.38. The number of hydrogen-bond donors (Lipinski definition) is 11. The summed E-state index contributed by atoms with van der Waals surface area (Å²) in [6.07, 6.45) is -18.6. The van der Waals surface area contributed by atoms with E-state index in [2.05, 4.69) is 0 Å². The first-order chi connectivity index (χ1) is 20.9. The number of rotatable bonds is 6. The van der Waals surface area contributed by atoms with Crippen molar-refractivity contribution in [3.63, 3.8) is 0 Å². The Balaban J connectivity index is 1.84. The average Bonchev–Trinajstić information content (AvgIpc) is 3.02. The van der Waals surface area contributed by atoms with Crippen molar-refractivity contribution in [3.05, 3.63) is 45.6 Å². The van der Waals surface area contributed by atoms with Crippen molar-refractivity contribution in [3.8, 4) is 34.3 Å². The first-order valence-corrected chi connectivity index (χ1v) is 13.4. The van der Waals surface area contributed by atoms with Crippen LogP contribution < -0.4 is 10.2 Å². The van der Waals surface area contributed by atoms with E-state index < -0.39 is 125 Å². The number of aliphatic hydroxyl groups excluding tert-OH is 8. The topological polar surface area (TPSA) is 280 Å². The second kappa shape index (κ2) is 12.1. The molecule has 2 aliphatic rings. The third-order valence-corrected chi connectivity index (χ3v) is 8.04. The number of phenols is 2. The lowest BCUT2D eigenvalue weighted by molar-refractivity contribution is -0.234. The van der Waals surface area contributed by atoms with E-state index in [4.69, 9.17) is 18.6 Å². The molecule has 3 aromatic rings. The molecule has 0 spiro atoms. The van der Waals surface area contributed by atoms with Crippen molar-refractivity contribution in [1.82, 2.24) is 0 Å². The van der Waals surface area contributed by atoms with Gasteiger partial charge < -0.3 is 74.8 Å². The van der Waals surface area contributed by atoms with Gasteiger partial charge in [0.05, 0.1) is 31.5 Å². The molecule has 2 aromatic carbocycles. The number of benzene rings is 2. The summed E-state index contributed by atoms with van der Waals surface area (Å²) >= 11 is 0. The molecule has 1 aromatic heterocycles. The van der Waals surface area contributed by atoms with Gasteiger partial charge in [-0.05, 0) is 24.3 Å². The molecule has 16 heteroatoms. The molecule has 0 bridgehead atoms. The van der Waals surface area contributed by atoms with Gasteiger partial charge in [-0.15, -0.1) is 0 Å². The van der Waals surface area contributed by atoms with Gasteiger partial charge in [-0.1, -0.05) is 0 Å². The number of methoxy groups -OCH3 is 1. The summed E-state index contributed by atoms with van der Waals surface area (Å²) in [4.78, 5) is 13.6. The van der Waals surface area contributed by atoms with Gasteiger partial charge in [-0.2, -0.15) is 0 Å². The minimum atomic E-state index is -2.08. The lowest BCUT2D eigenvalue weighted by Crippen LogP contribution is -2.55. The van der Waals surface area contributed by atoms with Crippen LogP contribution in [-0.2, 0) is 9.47 Å². The number of ether oxygens (including phenoxy) is 3. The molecule has 2 aliphatic heterocycles. The lowest BCUT2D eigenvalue weighted by Gasteiger charge is -2.42. The first-order valence-electron chi connectivity index (χ1n) is 13.4. The van der Waals surface area contributed by atoms with Crippen molar-refractivity contribution in [2.45, 2.75) is 61.0 Å². The van der Waals surface area contributed by atoms with Gasteiger partial charge in [-0.3, -0.25) is 4.79 Å². The fourth-order valence-corrected chi connectivity index (χ4v) is 5.58. The lowest BCUT2D eigenvalue weighted by atomic mass is 9.85. The Morgan fingerprint density at radius 2 is 1.18 bits per heavy atom. The van der Waals surface area contributed by atoms with Gasteiger partial charge in [0.15, 0.2) is 11.3 Å². The molecule has 2 fully saturated rings. The van der Waals surface area contributed by atoms with Gasteiger partial charge in [0.1, 0.15) is 83.7 Å². The van der Waals surface area contributed by atoms with Gasteiger partial charge in [0.25, 0.3) is 0 Å². The van der Waals surface area contributed by atoms with Crippen molar-refractivity contribution >= 4 is 11.0 Å². The van der Waals surface area contributed by atoms with Gasteiger partial charge in [0, 0.05) is 5.56 Å². The van der Waals surface area contributed by atoms with E-state index in [1.54, 1.807) is 0 Å². The van der Waals surface area contributed by atoms with E-state index in [0.717, 1.165) is 0 Å². The summed E-state index contributed by atoms with van der Waals surface area (Å²) < 4.78 is 22.1. The van der Waals surface area contributed by atoms with E-state index in [-0.39, 0.29) is 5.56 Å². The summed E-state index contributed by atoms with van der Waals surface area (Å²) in [5.74, 6) is -3.23. The van der Waals surface area contributed by atoms with E-state index in [1.807, 2.05) is 0 Å². The number of phenolic OH excluding ortho intramolecular Hbond substituents is 2. The van der Waals surface area contributed by atoms with Crippen LogP contribution in [0.25, 0.3) is 22.3 Å². The van der Waals surface area contributed by atoms with E-state index in [0.29, 0.717) is 5.75 Å². The SMILES string of the molecule is COc1ccc(-c2oc3c([C@@H]4O[C@H](CO)[C@@H](O)[C@H](O)[C@H]4O)c(O)c([C@@H]4O[C@H](CO)[C@@H](O)[C@H](O)[C@H]4O)c(O)c3c(=O)c2O)cc1. The highest BCUT2D eigenvalue weighted by molar-refractivity contribution is 5.93. The monoisotopic (exact) mass is 624 g/mol. The molecule has 0 saturated carbocycles. The van der Waals surface area contributed by atoms with Crippen LogP contribution in [-0.4, -0.2) is 125 Å². The average molecular weight is 625 g/mol. The smallest absolute Gasteiger partial charge is 0.238 e. The largest absolute Gasteiger partial charge is 0.507 e. The zero-order valence-corrected chi connectivity index (χ0v) is 23.0. The molecule has 0 unspecified atom stereocenters. The van der Waals surface area contributed by atoms with Crippen molar-refractivity contribution in [1.29, 1.82) is 0 Å². The van der Waals surface area contributed by atoms with Gasteiger partial charge >= 0.3 is 0 Å². The third kappa shape index (κ3) is 4.94. The zero-order valence-electron chi connectivity index (χ0n) is 23.0. The Bertz CT molecular complexity index is 1570.